The summed E-state index contributed by atoms with van der Waals surface area (Å²) in [5.74, 6) is 0.654. The van der Waals surface area contributed by atoms with Crippen molar-refractivity contribution in [3.8, 4) is 0 Å². The highest BCUT2D eigenvalue weighted by atomic mass is 16.2. The van der Waals surface area contributed by atoms with Gasteiger partial charge in [0.15, 0.2) is 0 Å². The zero-order chi connectivity index (χ0) is 16.1. The second kappa shape index (κ2) is 7.36. The second-order valence-electron chi connectivity index (χ2n) is 6.38. The van der Waals surface area contributed by atoms with Gasteiger partial charge in [0.1, 0.15) is 0 Å². The number of urea groups is 1. The zero-order valence-corrected chi connectivity index (χ0v) is 13.7. The lowest BCUT2D eigenvalue weighted by Crippen LogP contribution is -2.33. The number of allylic oxidation sites excluding steroid dienone is 1. The number of hydrogen-bond acceptors (Lipinski definition) is 1. The van der Waals surface area contributed by atoms with Gasteiger partial charge in [-0.3, -0.25) is 0 Å². The largest absolute Gasteiger partial charge is 0.361 e. The Morgan fingerprint density at radius 3 is 2.91 bits per heavy atom. The molecule has 1 aromatic heterocycles. The van der Waals surface area contributed by atoms with Gasteiger partial charge in [-0.25, -0.2) is 4.79 Å². The first-order valence-corrected chi connectivity index (χ1v) is 8.50. The van der Waals surface area contributed by atoms with E-state index in [0.717, 1.165) is 11.9 Å². The first-order valence-electron chi connectivity index (χ1n) is 8.50. The van der Waals surface area contributed by atoms with E-state index < -0.39 is 0 Å². The van der Waals surface area contributed by atoms with E-state index in [9.17, 15) is 4.79 Å². The Balaban J connectivity index is 1.45. The number of amides is 2. The first-order chi connectivity index (χ1) is 11.2. The molecule has 4 nitrogen and oxygen atoms in total. The molecule has 3 rings (SSSR count). The van der Waals surface area contributed by atoms with Crippen LogP contribution in [0.4, 0.5) is 4.79 Å². The van der Waals surface area contributed by atoms with Gasteiger partial charge < -0.3 is 15.6 Å². The van der Waals surface area contributed by atoms with Crippen molar-refractivity contribution in [1.29, 1.82) is 0 Å². The molecule has 2 aromatic rings. The topological polar surface area (TPSA) is 56.9 Å². The number of para-hydroxylation sites is 1. The van der Waals surface area contributed by atoms with Crippen molar-refractivity contribution in [2.45, 2.75) is 39.0 Å². The molecular weight excluding hydrogens is 286 g/mol. The van der Waals surface area contributed by atoms with E-state index in [1.165, 1.54) is 42.2 Å². The Morgan fingerprint density at radius 2 is 2.09 bits per heavy atom. The number of nitrogens with one attached hydrogen (secondary N) is 3. The predicted octanol–water partition coefficient (Wildman–Crippen LogP) is 4.10. The minimum atomic E-state index is -0.123. The van der Waals surface area contributed by atoms with Crippen LogP contribution in [0.25, 0.3) is 10.9 Å². The molecule has 3 N–H and O–H groups in total. The summed E-state index contributed by atoms with van der Waals surface area (Å²) in [7, 11) is 0. The molecule has 2 amide bonds. The van der Waals surface area contributed by atoms with Crippen LogP contribution in [0.5, 0.6) is 0 Å². The Labute approximate surface area is 137 Å². The third-order valence-electron chi connectivity index (χ3n) is 4.78. The lowest BCUT2D eigenvalue weighted by atomic mass is 10.0. The SMILES string of the molecule is C/C(=C\NC(=O)NCCc1c[nH]c2ccccc12)C1CCCC1. The molecule has 0 bridgehead atoms. The standard InChI is InChI=1S/C19H25N3O/c1-14(15-6-2-3-7-15)12-22-19(23)20-11-10-16-13-21-18-9-5-4-8-17(16)18/h4-5,8-9,12-13,15,21H,2-3,6-7,10-11H2,1H3,(H2,20,22,23)/b14-12+. The van der Waals surface area contributed by atoms with Crippen LogP contribution in [0, 0.1) is 5.92 Å². The van der Waals surface area contributed by atoms with Crippen molar-refractivity contribution in [1.82, 2.24) is 15.6 Å². The number of carbonyl (C=O) groups is 1. The van der Waals surface area contributed by atoms with E-state index in [1.807, 2.05) is 24.5 Å². The molecule has 1 aromatic carbocycles. The van der Waals surface area contributed by atoms with Crippen molar-refractivity contribution < 1.29 is 4.79 Å². The van der Waals surface area contributed by atoms with Gasteiger partial charge >= 0.3 is 6.03 Å². The van der Waals surface area contributed by atoms with Gasteiger partial charge in [0, 0.05) is 29.8 Å². The summed E-state index contributed by atoms with van der Waals surface area (Å²) in [6, 6.07) is 8.11. The molecule has 0 unspecified atom stereocenters. The van der Waals surface area contributed by atoms with Gasteiger partial charge in [-0.1, -0.05) is 36.6 Å². The summed E-state index contributed by atoms with van der Waals surface area (Å²) in [5, 5.41) is 7.01. The molecule has 0 atom stereocenters. The van der Waals surface area contributed by atoms with Gasteiger partial charge in [0.05, 0.1) is 0 Å². The number of carbonyl (C=O) groups excluding carboxylic acids is 1. The van der Waals surface area contributed by atoms with Crippen LogP contribution >= 0.6 is 0 Å². The van der Waals surface area contributed by atoms with Gasteiger partial charge in [-0.2, -0.15) is 0 Å². The molecule has 1 fully saturated rings. The highest BCUT2D eigenvalue weighted by Crippen LogP contribution is 2.30. The van der Waals surface area contributed by atoms with Crippen LogP contribution in [-0.4, -0.2) is 17.6 Å². The van der Waals surface area contributed by atoms with E-state index in [-0.39, 0.29) is 6.03 Å². The smallest absolute Gasteiger partial charge is 0.318 e. The minimum Gasteiger partial charge on any atom is -0.361 e. The van der Waals surface area contributed by atoms with E-state index in [0.29, 0.717) is 12.5 Å². The quantitative estimate of drug-likeness (QED) is 0.765. The molecule has 122 valence electrons. The van der Waals surface area contributed by atoms with Crippen molar-refractivity contribution in [3.05, 3.63) is 47.8 Å². The van der Waals surface area contributed by atoms with Gasteiger partial charge in [-0.15, -0.1) is 0 Å². The molecule has 4 heteroatoms. The van der Waals surface area contributed by atoms with Gasteiger partial charge in [0.25, 0.3) is 0 Å². The fraction of sp³-hybridized carbons (Fsp3) is 0.421. The number of aromatic nitrogens is 1. The van der Waals surface area contributed by atoms with E-state index in [4.69, 9.17) is 0 Å². The van der Waals surface area contributed by atoms with Gasteiger partial charge in [-0.05, 0) is 43.7 Å². The van der Waals surface area contributed by atoms with E-state index in [2.05, 4.69) is 34.7 Å². The maximum absolute atomic E-state index is 11.9. The minimum absolute atomic E-state index is 0.123. The second-order valence-corrected chi connectivity index (χ2v) is 6.38. The monoisotopic (exact) mass is 311 g/mol. The van der Waals surface area contributed by atoms with Crippen LogP contribution < -0.4 is 10.6 Å². The number of benzene rings is 1. The van der Waals surface area contributed by atoms with Crippen molar-refractivity contribution in [2.75, 3.05) is 6.54 Å². The number of H-pyrrole nitrogens is 1. The zero-order valence-electron chi connectivity index (χ0n) is 13.7. The summed E-state index contributed by atoms with van der Waals surface area (Å²) in [6.07, 6.45) is 9.85. The number of fused-ring (bicyclic) bond motifs is 1. The van der Waals surface area contributed by atoms with Crippen LogP contribution in [-0.2, 0) is 6.42 Å². The average molecular weight is 311 g/mol. The molecule has 1 aliphatic carbocycles. The normalized spacial score (nSPS) is 16.0. The number of aromatic amines is 1. The maximum Gasteiger partial charge on any atom is 0.318 e. The highest BCUT2D eigenvalue weighted by Gasteiger charge is 2.16. The van der Waals surface area contributed by atoms with Crippen LogP contribution in [0.3, 0.4) is 0 Å². The molecule has 1 saturated carbocycles. The van der Waals surface area contributed by atoms with Crippen molar-refractivity contribution in [2.24, 2.45) is 5.92 Å². The lowest BCUT2D eigenvalue weighted by Gasteiger charge is -2.10. The summed E-state index contributed by atoms with van der Waals surface area (Å²) in [6.45, 7) is 2.74. The Kier molecular flexibility index (Phi) is 5.01. The molecular formula is C19H25N3O. The molecule has 0 saturated heterocycles. The van der Waals surface area contributed by atoms with Gasteiger partial charge in [0.2, 0.25) is 0 Å². The van der Waals surface area contributed by atoms with Crippen molar-refractivity contribution >= 4 is 16.9 Å². The highest BCUT2D eigenvalue weighted by molar-refractivity contribution is 5.83. The molecule has 0 spiro atoms. The van der Waals surface area contributed by atoms with Crippen LogP contribution in [0.1, 0.15) is 38.2 Å². The number of hydrogen-bond donors (Lipinski definition) is 3. The summed E-state index contributed by atoms with van der Waals surface area (Å²) < 4.78 is 0. The molecule has 1 aliphatic rings. The Hall–Kier alpha value is -2.23. The summed E-state index contributed by atoms with van der Waals surface area (Å²) >= 11 is 0. The van der Waals surface area contributed by atoms with Crippen LogP contribution in [0.2, 0.25) is 0 Å². The third-order valence-corrected chi connectivity index (χ3v) is 4.78. The first kappa shape index (κ1) is 15.7. The average Bonchev–Trinajstić information content (AvgIpc) is 3.23. The van der Waals surface area contributed by atoms with E-state index >= 15 is 0 Å². The molecule has 1 heterocycles. The molecule has 0 radical (unpaired) electrons. The summed E-state index contributed by atoms with van der Waals surface area (Å²) in [5.41, 5.74) is 3.66. The predicted molar refractivity (Wildman–Crippen MR) is 94.3 cm³/mol. The Bertz CT molecular complexity index is 695. The van der Waals surface area contributed by atoms with Crippen molar-refractivity contribution in [3.63, 3.8) is 0 Å². The summed E-state index contributed by atoms with van der Waals surface area (Å²) in [4.78, 5) is 15.1. The third kappa shape index (κ3) is 3.95. The molecule has 23 heavy (non-hydrogen) atoms. The fourth-order valence-corrected chi connectivity index (χ4v) is 3.38. The lowest BCUT2D eigenvalue weighted by molar-refractivity contribution is 0.244. The fourth-order valence-electron chi connectivity index (χ4n) is 3.38. The number of rotatable bonds is 5. The Morgan fingerprint density at radius 1 is 1.30 bits per heavy atom. The molecule has 0 aliphatic heterocycles. The van der Waals surface area contributed by atoms with Crippen LogP contribution in [0.15, 0.2) is 42.2 Å². The van der Waals surface area contributed by atoms with E-state index in [1.54, 1.807) is 0 Å². The maximum atomic E-state index is 11.9.